The van der Waals surface area contributed by atoms with Crippen molar-refractivity contribution in [3.05, 3.63) is 17.7 Å². The second-order valence-corrected chi connectivity index (χ2v) is 3.61. The van der Waals surface area contributed by atoms with Gasteiger partial charge in [-0.05, 0) is 18.9 Å². The Balaban J connectivity index is 2.84. The van der Waals surface area contributed by atoms with Crippen LogP contribution in [0.15, 0.2) is 12.1 Å². The zero-order valence-corrected chi connectivity index (χ0v) is 9.29. The Hall–Kier alpha value is -1.38. The molecule has 0 radical (unpaired) electrons. The number of phenolic OH excluding ortho intramolecular Hbond substituents is 2. The van der Waals surface area contributed by atoms with Gasteiger partial charge in [0.25, 0.3) is 0 Å². The van der Waals surface area contributed by atoms with Gasteiger partial charge in [-0.1, -0.05) is 19.8 Å². The number of aromatic hydroxyl groups is 2. The third-order valence-electron chi connectivity index (χ3n) is 2.38. The maximum Gasteiger partial charge on any atom is 0.163 e. The molecule has 0 bridgehead atoms. The van der Waals surface area contributed by atoms with Crippen LogP contribution >= 0.6 is 0 Å². The van der Waals surface area contributed by atoms with Gasteiger partial charge in [0.1, 0.15) is 5.75 Å². The van der Waals surface area contributed by atoms with Gasteiger partial charge < -0.3 is 14.9 Å². The molecule has 0 aromatic heterocycles. The highest BCUT2D eigenvalue weighted by Crippen LogP contribution is 2.34. The third kappa shape index (κ3) is 3.05. The lowest BCUT2D eigenvalue weighted by atomic mass is 10.1. The number of methoxy groups -OCH3 is 1. The van der Waals surface area contributed by atoms with Crippen LogP contribution < -0.4 is 4.74 Å². The Morgan fingerprint density at radius 1 is 1.20 bits per heavy atom. The summed E-state index contributed by atoms with van der Waals surface area (Å²) in [7, 11) is 1.52. The van der Waals surface area contributed by atoms with Crippen molar-refractivity contribution in [1.29, 1.82) is 0 Å². The molecule has 0 fully saturated rings. The number of hydrogen-bond donors (Lipinski definition) is 2. The summed E-state index contributed by atoms with van der Waals surface area (Å²) in [6.07, 6.45) is 4.14. The number of phenols is 2. The summed E-state index contributed by atoms with van der Waals surface area (Å²) in [5.41, 5.74) is 0.864. The average molecular weight is 210 g/mol. The van der Waals surface area contributed by atoms with Crippen molar-refractivity contribution in [3.8, 4) is 17.2 Å². The molecule has 0 atom stereocenters. The van der Waals surface area contributed by atoms with Crippen molar-refractivity contribution in [3.63, 3.8) is 0 Å². The summed E-state index contributed by atoms with van der Waals surface area (Å²) in [6.45, 7) is 2.14. The SMILES string of the molecule is CCCCCc1cc(O)cc(O)c1OC. The fraction of sp³-hybridized carbons (Fsp3) is 0.500. The van der Waals surface area contributed by atoms with E-state index in [1.54, 1.807) is 6.07 Å². The van der Waals surface area contributed by atoms with E-state index in [2.05, 4.69) is 6.92 Å². The van der Waals surface area contributed by atoms with Gasteiger partial charge in [-0.2, -0.15) is 0 Å². The van der Waals surface area contributed by atoms with Crippen molar-refractivity contribution in [2.45, 2.75) is 32.6 Å². The molecule has 0 aliphatic rings. The summed E-state index contributed by atoms with van der Waals surface area (Å²) in [5.74, 6) is 0.563. The second kappa shape index (κ2) is 5.49. The molecule has 15 heavy (non-hydrogen) atoms. The van der Waals surface area contributed by atoms with Crippen molar-refractivity contribution in [1.82, 2.24) is 0 Å². The van der Waals surface area contributed by atoms with Gasteiger partial charge in [0.05, 0.1) is 7.11 Å². The van der Waals surface area contributed by atoms with Gasteiger partial charge in [0, 0.05) is 11.6 Å². The van der Waals surface area contributed by atoms with Crippen LogP contribution in [-0.2, 0) is 6.42 Å². The highest BCUT2D eigenvalue weighted by Gasteiger charge is 2.10. The first-order valence-corrected chi connectivity index (χ1v) is 5.27. The van der Waals surface area contributed by atoms with Gasteiger partial charge in [-0.15, -0.1) is 0 Å². The summed E-state index contributed by atoms with van der Waals surface area (Å²) in [5, 5.41) is 18.9. The number of unbranched alkanes of at least 4 members (excludes halogenated alkanes) is 2. The Kier molecular flexibility index (Phi) is 4.28. The van der Waals surface area contributed by atoms with E-state index in [0.717, 1.165) is 31.2 Å². The molecule has 0 saturated carbocycles. The predicted octanol–water partition coefficient (Wildman–Crippen LogP) is 2.84. The van der Waals surface area contributed by atoms with Gasteiger partial charge >= 0.3 is 0 Å². The lowest BCUT2D eigenvalue weighted by Crippen LogP contribution is -1.93. The molecule has 0 amide bonds. The number of rotatable bonds is 5. The number of benzene rings is 1. The largest absolute Gasteiger partial charge is 0.508 e. The van der Waals surface area contributed by atoms with Crippen LogP contribution in [-0.4, -0.2) is 17.3 Å². The third-order valence-corrected chi connectivity index (χ3v) is 2.38. The van der Waals surface area contributed by atoms with Gasteiger partial charge in [-0.25, -0.2) is 0 Å². The minimum Gasteiger partial charge on any atom is -0.508 e. The van der Waals surface area contributed by atoms with Gasteiger partial charge in [0.15, 0.2) is 11.5 Å². The molecule has 3 nitrogen and oxygen atoms in total. The van der Waals surface area contributed by atoms with E-state index in [4.69, 9.17) is 4.74 Å². The molecule has 0 saturated heterocycles. The molecular weight excluding hydrogens is 192 g/mol. The quantitative estimate of drug-likeness (QED) is 0.735. The first-order valence-electron chi connectivity index (χ1n) is 5.27. The zero-order chi connectivity index (χ0) is 11.3. The monoisotopic (exact) mass is 210 g/mol. The molecule has 1 aromatic carbocycles. The molecular formula is C12H18O3. The predicted molar refractivity (Wildman–Crippen MR) is 59.6 cm³/mol. The molecule has 1 rings (SSSR count). The van der Waals surface area contributed by atoms with Crippen molar-refractivity contribution >= 4 is 0 Å². The Bertz CT molecular complexity index is 321. The highest BCUT2D eigenvalue weighted by atomic mass is 16.5. The van der Waals surface area contributed by atoms with E-state index in [9.17, 15) is 10.2 Å². The Morgan fingerprint density at radius 3 is 2.53 bits per heavy atom. The zero-order valence-electron chi connectivity index (χ0n) is 9.29. The standard InChI is InChI=1S/C12H18O3/c1-3-4-5-6-9-7-10(13)8-11(14)12(9)15-2/h7-8,13-14H,3-6H2,1-2H3. The van der Waals surface area contributed by atoms with Crippen LogP contribution in [0.3, 0.4) is 0 Å². The van der Waals surface area contributed by atoms with Crippen LogP contribution in [0, 0.1) is 0 Å². The topological polar surface area (TPSA) is 49.7 Å². The molecule has 0 aliphatic carbocycles. The van der Waals surface area contributed by atoms with E-state index in [-0.39, 0.29) is 11.5 Å². The first-order chi connectivity index (χ1) is 7.19. The molecule has 0 spiro atoms. The summed E-state index contributed by atoms with van der Waals surface area (Å²) >= 11 is 0. The number of hydrogen-bond acceptors (Lipinski definition) is 3. The van der Waals surface area contributed by atoms with E-state index in [1.807, 2.05) is 0 Å². The fourth-order valence-corrected chi connectivity index (χ4v) is 1.64. The molecule has 0 unspecified atom stereocenters. The van der Waals surface area contributed by atoms with Crippen molar-refractivity contribution in [2.24, 2.45) is 0 Å². The maximum absolute atomic E-state index is 9.54. The number of ether oxygens (including phenoxy) is 1. The minimum absolute atomic E-state index is 0.00370. The lowest BCUT2D eigenvalue weighted by molar-refractivity contribution is 0.364. The van der Waals surface area contributed by atoms with E-state index >= 15 is 0 Å². The molecule has 1 aromatic rings. The van der Waals surface area contributed by atoms with Crippen LogP contribution in [0.1, 0.15) is 31.7 Å². The van der Waals surface area contributed by atoms with Crippen LogP contribution in [0.25, 0.3) is 0 Å². The highest BCUT2D eigenvalue weighted by molar-refractivity contribution is 5.50. The first kappa shape index (κ1) is 11.7. The average Bonchev–Trinajstić information content (AvgIpc) is 2.17. The summed E-state index contributed by atoms with van der Waals surface area (Å²) < 4.78 is 5.10. The van der Waals surface area contributed by atoms with E-state index in [0.29, 0.717) is 5.75 Å². The second-order valence-electron chi connectivity index (χ2n) is 3.61. The molecule has 2 N–H and O–H groups in total. The Morgan fingerprint density at radius 2 is 1.93 bits per heavy atom. The van der Waals surface area contributed by atoms with E-state index in [1.165, 1.54) is 13.2 Å². The van der Waals surface area contributed by atoms with Crippen LogP contribution in [0.5, 0.6) is 17.2 Å². The van der Waals surface area contributed by atoms with Crippen molar-refractivity contribution in [2.75, 3.05) is 7.11 Å². The van der Waals surface area contributed by atoms with Crippen LogP contribution in [0.4, 0.5) is 0 Å². The van der Waals surface area contributed by atoms with Gasteiger partial charge in [0.2, 0.25) is 0 Å². The molecule has 3 heteroatoms. The smallest absolute Gasteiger partial charge is 0.163 e. The molecule has 0 aliphatic heterocycles. The fourth-order valence-electron chi connectivity index (χ4n) is 1.64. The number of aryl methyl sites for hydroxylation is 1. The van der Waals surface area contributed by atoms with Crippen molar-refractivity contribution < 1.29 is 14.9 Å². The minimum atomic E-state index is 0.00370. The van der Waals surface area contributed by atoms with Gasteiger partial charge in [-0.3, -0.25) is 0 Å². The Labute approximate surface area is 90.3 Å². The molecule has 84 valence electrons. The summed E-state index contributed by atoms with van der Waals surface area (Å²) in [4.78, 5) is 0. The lowest BCUT2D eigenvalue weighted by Gasteiger charge is -2.10. The maximum atomic E-state index is 9.54. The summed E-state index contributed by atoms with van der Waals surface area (Å²) in [6, 6.07) is 2.94. The normalized spacial score (nSPS) is 10.3. The van der Waals surface area contributed by atoms with E-state index < -0.39 is 0 Å². The van der Waals surface area contributed by atoms with Crippen LogP contribution in [0.2, 0.25) is 0 Å². The molecule has 0 heterocycles.